The molecule has 142 valence electrons. The Bertz CT molecular complexity index is 949. The molecule has 1 fully saturated rings. The lowest BCUT2D eigenvalue weighted by Crippen LogP contribution is -2.43. The zero-order valence-electron chi connectivity index (χ0n) is 14.4. The first-order valence-electron chi connectivity index (χ1n) is 8.37. The number of nitrogens with two attached hydrogens (primary N) is 1. The number of aromatic nitrogens is 4. The topological polar surface area (TPSA) is 113 Å². The molecule has 0 aromatic carbocycles. The minimum atomic E-state index is -0.319. The smallest absolute Gasteiger partial charge is 0.275 e. The van der Waals surface area contributed by atoms with E-state index in [9.17, 15) is 4.79 Å². The highest BCUT2D eigenvalue weighted by atomic mass is 79.9. The molecular weight excluding hydrogens is 434 g/mol. The Balaban J connectivity index is 0.00000210. The molecule has 8 nitrogen and oxygen atoms in total. The summed E-state index contributed by atoms with van der Waals surface area (Å²) in [7, 11) is 0. The fourth-order valence-electron chi connectivity index (χ4n) is 3.28. The van der Waals surface area contributed by atoms with Crippen LogP contribution in [0, 0.1) is 0 Å². The van der Waals surface area contributed by atoms with Gasteiger partial charge in [0.2, 0.25) is 0 Å². The number of nitrogens with one attached hydrogen (secondary N) is 2. The van der Waals surface area contributed by atoms with Gasteiger partial charge in [-0.3, -0.25) is 9.78 Å². The van der Waals surface area contributed by atoms with Crippen molar-refractivity contribution in [3.05, 3.63) is 41.2 Å². The van der Waals surface area contributed by atoms with Gasteiger partial charge in [-0.1, -0.05) is 0 Å². The van der Waals surface area contributed by atoms with Gasteiger partial charge in [-0.15, -0.1) is 12.4 Å². The molecule has 0 spiro atoms. The molecule has 3 aromatic rings. The Hall–Kier alpha value is -2.23. The summed E-state index contributed by atoms with van der Waals surface area (Å²) in [6, 6.07) is 0.135. The van der Waals surface area contributed by atoms with Gasteiger partial charge in [-0.2, -0.15) is 0 Å². The molecule has 0 saturated carbocycles. The number of rotatable bonds is 3. The maximum Gasteiger partial charge on any atom is 0.275 e. The van der Waals surface area contributed by atoms with Crippen molar-refractivity contribution in [1.29, 1.82) is 0 Å². The summed E-state index contributed by atoms with van der Waals surface area (Å²) in [5, 5.41) is 3.76. The fraction of sp³-hybridized carbons (Fsp3) is 0.294. The van der Waals surface area contributed by atoms with Gasteiger partial charge in [0.05, 0.1) is 27.4 Å². The zero-order valence-corrected chi connectivity index (χ0v) is 16.8. The van der Waals surface area contributed by atoms with Crippen molar-refractivity contribution < 1.29 is 4.79 Å². The van der Waals surface area contributed by atoms with Crippen molar-refractivity contribution in [3.8, 4) is 0 Å². The van der Waals surface area contributed by atoms with E-state index >= 15 is 0 Å². The number of anilines is 2. The van der Waals surface area contributed by atoms with Gasteiger partial charge in [0.25, 0.3) is 5.91 Å². The number of halogens is 2. The second-order valence-corrected chi connectivity index (χ2v) is 7.13. The third-order valence-corrected chi connectivity index (χ3v) is 5.03. The van der Waals surface area contributed by atoms with Gasteiger partial charge in [-0.05, 0) is 28.8 Å². The predicted octanol–water partition coefficient (Wildman–Crippen LogP) is 2.72. The van der Waals surface area contributed by atoms with Gasteiger partial charge in [0, 0.05) is 43.9 Å². The standard InChI is InChI=1S/C17H18BrN7O.ClH/c18-11-6-22-16-14(15(11)25-5-1-2-10(19)9-25)12(8-23-16)24-17(26)13-7-20-3-4-21-13;/h3-4,6-8,10H,1-2,5,9,19H2,(H,22,23)(H,24,26);1H. The number of amides is 1. The molecular formula is C17H19BrClN7O. The number of carbonyl (C=O) groups excluding carboxylic acids is 1. The highest BCUT2D eigenvalue weighted by Gasteiger charge is 2.24. The summed E-state index contributed by atoms with van der Waals surface area (Å²) >= 11 is 3.61. The Labute approximate surface area is 170 Å². The van der Waals surface area contributed by atoms with Crippen LogP contribution >= 0.6 is 28.3 Å². The van der Waals surface area contributed by atoms with Crippen LogP contribution in [0.3, 0.4) is 0 Å². The Morgan fingerprint density at radius 1 is 1.33 bits per heavy atom. The van der Waals surface area contributed by atoms with E-state index in [4.69, 9.17) is 5.73 Å². The quantitative estimate of drug-likeness (QED) is 0.563. The summed E-state index contributed by atoms with van der Waals surface area (Å²) in [6.45, 7) is 1.68. The summed E-state index contributed by atoms with van der Waals surface area (Å²) in [4.78, 5) is 30.2. The van der Waals surface area contributed by atoms with Crippen molar-refractivity contribution in [2.75, 3.05) is 23.3 Å². The number of carbonyl (C=O) groups is 1. The third-order valence-electron chi connectivity index (χ3n) is 4.45. The van der Waals surface area contributed by atoms with Crippen LogP contribution < -0.4 is 16.0 Å². The molecule has 0 bridgehead atoms. The van der Waals surface area contributed by atoms with Crippen LogP contribution in [0.5, 0.6) is 0 Å². The Kier molecular flexibility index (Phi) is 5.93. The fourth-order valence-corrected chi connectivity index (χ4v) is 3.83. The lowest BCUT2D eigenvalue weighted by atomic mass is 10.1. The number of aromatic amines is 1. The molecule has 4 rings (SSSR count). The molecule has 1 saturated heterocycles. The van der Waals surface area contributed by atoms with Gasteiger partial charge < -0.3 is 20.9 Å². The van der Waals surface area contributed by atoms with Crippen LogP contribution in [-0.2, 0) is 0 Å². The van der Waals surface area contributed by atoms with E-state index in [-0.39, 0.29) is 30.0 Å². The summed E-state index contributed by atoms with van der Waals surface area (Å²) in [5.41, 5.74) is 8.76. The molecule has 1 unspecified atom stereocenters. The van der Waals surface area contributed by atoms with Crippen molar-refractivity contribution >= 4 is 56.7 Å². The van der Waals surface area contributed by atoms with E-state index in [0.29, 0.717) is 11.3 Å². The van der Waals surface area contributed by atoms with E-state index in [2.05, 4.69) is 46.1 Å². The second kappa shape index (κ2) is 8.20. The van der Waals surface area contributed by atoms with E-state index in [0.717, 1.165) is 41.5 Å². The number of fused-ring (bicyclic) bond motifs is 1. The Morgan fingerprint density at radius 2 is 2.19 bits per heavy atom. The van der Waals surface area contributed by atoms with Crippen LogP contribution in [0.4, 0.5) is 11.4 Å². The van der Waals surface area contributed by atoms with Crippen molar-refractivity contribution in [2.24, 2.45) is 5.73 Å². The average molecular weight is 453 g/mol. The van der Waals surface area contributed by atoms with Crippen LogP contribution in [0.25, 0.3) is 11.0 Å². The highest BCUT2D eigenvalue weighted by Crippen LogP contribution is 2.38. The SMILES string of the molecule is Cl.NC1CCCN(c2c(Br)cnc3[nH]cc(NC(=O)c4cnccn4)c23)C1. The number of hydrogen-bond acceptors (Lipinski definition) is 6. The molecule has 27 heavy (non-hydrogen) atoms. The molecule has 1 amide bonds. The third kappa shape index (κ3) is 3.90. The van der Waals surface area contributed by atoms with Crippen molar-refractivity contribution in [2.45, 2.75) is 18.9 Å². The van der Waals surface area contributed by atoms with Gasteiger partial charge >= 0.3 is 0 Å². The summed E-state index contributed by atoms with van der Waals surface area (Å²) in [5.74, 6) is -0.319. The lowest BCUT2D eigenvalue weighted by molar-refractivity contribution is 0.102. The van der Waals surface area contributed by atoms with Gasteiger partial charge in [0.15, 0.2) is 0 Å². The normalized spacial score (nSPS) is 16.8. The van der Waals surface area contributed by atoms with E-state index in [1.165, 1.54) is 18.6 Å². The van der Waals surface area contributed by atoms with E-state index in [1.807, 2.05) is 0 Å². The van der Waals surface area contributed by atoms with Crippen molar-refractivity contribution in [1.82, 2.24) is 19.9 Å². The molecule has 1 atom stereocenters. The minimum Gasteiger partial charge on any atom is -0.368 e. The number of H-pyrrole nitrogens is 1. The Morgan fingerprint density at radius 3 is 2.93 bits per heavy atom. The summed E-state index contributed by atoms with van der Waals surface area (Å²) in [6.07, 6.45) is 10.0. The van der Waals surface area contributed by atoms with Crippen LogP contribution in [0.15, 0.2) is 35.5 Å². The minimum absolute atomic E-state index is 0. The molecule has 4 N–H and O–H groups in total. The predicted molar refractivity (Wildman–Crippen MR) is 110 cm³/mol. The highest BCUT2D eigenvalue weighted by molar-refractivity contribution is 9.10. The maximum absolute atomic E-state index is 12.5. The maximum atomic E-state index is 12.5. The molecule has 0 aliphatic carbocycles. The monoisotopic (exact) mass is 451 g/mol. The van der Waals surface area contributed by atoms with Crippen LogP contribution in [0.2, 0.25) is 0 Å². The number of piperidine rings is 1. The molecule has 1 aliphatic heterocycles. The van der Waals surface area contributed by atoms with Gasteiger partial charge in [-0.25, -0.2) is 9.97 Å². The van der Waals surface area contributed by atoms with Gasteiger partial charge in [0.1, 0.15) is 11.3 Å². The molecule has 1 aliphatic rings. The average Bonchev–Trinajstić information content (AvgIpc) is 3.05. The van der Waals surface area contributed by atoms with Crippen LogP contribution in [-0.4, -0.2) is 45.0 Å². The first kappa shape index (κ1) is 19.5. The largest absolute Gasteiger partial charge is 0.368 e. The lowest BCUT2D eigenvalue weighted by Gasteiger charge is -2.33. The van der Waals surface area contributed by atoms with Crippen LogP contribution in [0.1, 0.15) is 23.3 Å². The summed E-state index contributed by atoms with van der Waals surface area (Å²) < 4.78 is 0.869. The number of hydrogen-bond donors (Lipinski definition) is 3. The van der Waals surface area contributed by atoms with Crippen molar-refractivity contribution in [3.63, 3.8) is 0 Å². The molecule has 3 aromatic heterocycles. The molecule has 4 heterocycles. The number of pyridine rings is 1. The first-order valence-corrected chi connectivity index (χ1v) is 9.16. The zero-order chi connectivity index (χ0) is 18.1. The second-order valence-electron chi connectivity index (χ2n) is 6.27. The number of nitrogens with zero attached hydrogens (tertiary/aromatic N) is 4. The van der Waals surface area contributed by atoms with E-state index < -0.39 is 0 Å². The molecule has 0 radical (unpaired) electrons. The van der Waals surface area contributed by atoms with E-state index in [1.54, 1.807) is 12.4 Å². The first-order chi connectivity index (χ1) is 12.6. The molecule has 10 heteroatoms.